The molecule has 1 saturated heterocycles. The molecule has 14 heavy (non-hydrogen) atoms. The zero-order valence-electron chi connectivity index (χ0n) is 8.44. The van der Waals surface area contributed by atoms with Gasteiger partial charge in [0.25, 0.3) is 0 Å². The van der Waals surface area contributed by atoms with E-state index in [2.05, 4.69) is 16.7 Å². The van der Waals surface area contributed by atoms with Crippen LogP contribution in [0.5, 0.6) is 0 Å². The first-order valence-corrected chi connectivity index (χ1v) is 6.13. The zero-order chi connectivity index (χ0) is 9.97. The first-order valence-electron chi connectivity index (χ1n) is 5.08. The number of aromatic nitrogens is 2. The van der Waals surface area contributed by atoms with Gasteiger partial charge in [-0.3, -0.25) is 4.68 Å². The van der Waals surface area contributed by atoms with Gasteiger partial charge in [-0.1, -0.05) is 0 Å². The van der Waals surface area contributed by atoms with Crippen LogP contribution >= 0.6 is 11.8 Å². The Morgan fingerprint density at radius 3 is 3.21 bits per heavy atom. The Morgan fingerprint density at radius 1 is 1.71 bits per heavy atom. The highest BCUT2D eigenvalue weighted by atomic mass is 32.2. The lowest BCUT2D eigenvalue weighted by Gasteiger charge is -2.11. The van der Waals surface area contributed by atoms with Crippen molar-refractivity contribution in [3.8, 4) is 0 Å². The molecular weight excluding hydrogens is 196 g/mol. The van der Waals surface area contributed by atoms with E-state index in [-0.39, 0.29) is 6.61 Å². The van der Waals surface area contributed by atoms with Gasteiger partial charge in [-0.2, -0.15) is 5.10 Å². The molecule has 1 unspecified atom stereocenters. The molecule has 1 N–H and O–H groups in total. The standard InChI is InChI=1S/C10H16N2OS/c1-8-9(4-5-13)7-11-12(8)10-3-2-6-14-10/h7,10,13H,2-6H2,1H3. The van der Waals surface area contributed by atoms with Crippen LogP contribution in [0.25, 0.3) is 0 Å². The highest BCUT2D eigenvalue weighted by molar-refractivity contribution is 7.99. The fourth-order valence-corrected chi connectivity index (χ4v) is 3.16. The molecule has 0 saturated carbocycles. The quantitative estimate of drug-likeness (QED) is 0.829. The molecule has 1 aromatic rings. The molecule has 0 aromatic carbocycles. The molecule has 0 amide bonds. The summed E-state index contributed by atoms with van der Waals surface area (Å²) in [7, 11) is 0. The van der Waals surface area contributed by atoms with Crippen LogP contribution in [0.15, 0.2) is 6.20 Å². The van der Waals surface area contributed by atoms with Gasteiger partial charge in [-0.15, -0.1) is 11.8 Å². The van der Waals surface area contributed by atoms with Crippen molar-refractivity contribution in [2.75, 3.05) is 12.4 Å². The van der Waals surface area contributed by atoms with Crippen molar-refractivity contribution in [1.82, 2.24) is 9.78 Å². The number of hydrogen-bond donors (Lipinski definition) is 1. The molecule has 0 radical (unpaired) electrons. The van der Waals surface area contributed by atoms with Crippen molar-refractivity contribution in [3.05, 3.63) is 17.5 Å². The van der Waals surface area contributed by atoms with E-state index in [0.29, 0.717) is 5.37 Å². The molecule has 0 bridgehead atoms. The average Bonchev–Trinajstić information content (AvgIpc) is 2.77. The summed E-state index contributed by atoms with van der Waals surface area (Å²) in [5.41, 5.74) is 2.40. The molecule has 1 atom stereocenters. The van der Waals surface area contributed by atoms with Crippen LogP contribution in [0.3, 0.4) is 0 Å². The minimum absolute atomic E-state index is 0.213. The Hall–Kier alpha value is -0.480. The SMILES string of the molecule is Cc1c(CCO)cnn1C1CCCS1. The lowest BCUT2D eigenvalue weighted by Crippen LogP contribution is -2.06. The Bertz CT molecular complexity index is 305. The van der Waals surface area contributed by atoms with Crippen molar-refractivity contribution >= 4 is 11.8 Å². The molecule has 1 aromatic heterocycles. The van der Waals surface area contributed by atoms with E-state index in [1.807, 2.05) is 18.0 Å². The first kappa shape index (κ1) is 10.1. The van der Waals surface area contributed by atoms with Crippen LogP contribution in [0.1, 0.15) is 29.5 Å². The summed E-state index contributed by atoms with van der Waals surface area (Å²) >= 11 is 1.98. The number of thioether (sulfide) groups is 1. The Labute approximate surface area is 88.5 Å². The minimum atomic E-state index is 0.213. The van der Waals surface area contributed by atoms with Gasteiger partial charge in [-0.25, -0.2) is 0 Å². The van der Waals surface area contributed by atoms with Crippen LogP contribution < -0.4 is 0 Å². The Balaban J connectivity index is 2.17. The predicted molar refractivity (Wildman–Crippen MR) is 58.5 cm³/mol. The van der Waals surface area contributed by atoms with Crippen LogP contribution in [0.2, 0.25) is 0 Å². The van der Waals surface area contributed by atoms with E-state index >= 15 is 0 Å². The minimum Gasteiger partial charge on any atom is -0.396 e. The molecule has 0 aliphatic carbocycles. The Kier molecular flexibility index (Phi) is 3.13. The highest BCUT2D eigenvalue weighted by Gasteiger charge is 2.20. The monoisotopic (exact) mass is 212 g/mol. The van der Waals surface area contributed by atoms with Crippen LogP contribution in [0, 0.1) is 6.92 Å². The van der Waals surface area contributed by atoms with Gasteiger partial charge in [-0.05, 0) is 37.5 Å². The summed E-state index contributed by atoms with van der Waals surface area (Å²) < 4.78 is 2.11. The summed E-state index contributed by atoms with van der Waals surface area (Å²) in [5.74, 6) is 1.25. The second-order valence-electron chi connectivity index (χ2n) is 3.64. The van der Waals surface area contributed by atoms with Crippen LogP contribution in [-0.2, 0) is 6.42 Å². The number of aliphatic hydroxyl groups excluding tert-OH is 1. The Morgan fingerprint density at radius 2 is 2.57 bits per heavy atom. The smallest absolute Gasteiger partial charge is 0.0974 e. The van der Waals surface area contributed by atoms with Crippen molar-refractivity contribution in [2.24, 2.45) is 0 Å². The summed E-state index contributed by atoms with van der Waals surface area (Å²) in [4.78, 5) is 0. The molecule has 2 heterocycles. The number of aliphatic hydroxyl groups is 1. The van der Waals surface area contributed by atoms with E-state index < -0.39 is 0 Å². The van der Waals surface area contributed by atoms with Crippen molar-refractivity contribution in [1.29, 1.82) is 0 Å². The zero-order valence-corrected chi connectivity index (χ0v) is 9.26. The van der Waals surface area contributed by atoms with Gasteiger partial charge in [0.2, 0.25) is 0 Å². The van der Waals surface area contributed by atoms with E-state index in [0.717, 1.165) is 6.42 Å². The van der Waals surface area contributed by atoms with E-state index in [1.54, 1.807) is 0 Å². The molecule has 4 heteroatoms. The second-order valence-corrected chi connectivity index (χ2v) is 4.93. The third kappa shape index (κ3) is 1.81. The summed E-state index contributed by atoms with van der Waals surface area (Å²) in [5, 5.41) is 13.8. The fraction of sp³-hybridized carbons (Fsp3) is 0.700. The molecule has 2 rings (SSSR count). The molecular formula is C10H16N2OS. The fourth-order valence-electron chi connectivity index (χ4n) is 1.87. The maximum absolute atomic E-state index is 8.88. The van der Waals surface area contributed by atoms with E-state index in [1.165, 1.54) is 29.9 Å². The molecule has 1 aliphatic rings. The summed E-state index contributed by atoms with van der Waals surface area (Å²) in [6.07, 6.45) is 5.14. The average molecular weight is 212 g/mol. The largest absolute Gasteiger partial charge is 0.396 e. The second kappa shape index (κ2) is 4.36. The number of hydrogen-bond acceptors (Lipinski definition) is 3. The van der Waals surface area contributed by atoms with Crippen LogP contribution in [-0.4, -0.2) is 27.2 Å². The summed E-state index contributed by atoms with van der Waals surface area (Å²) in [6, 6.07) is 0. The van der Waals surface area contributed by atoms with Gasteiger partial charge >= 0.3 is 0 Å². The molecule has 0 spiro atoms. The molecule has 1 fully saturated rings. The van der Waals surface area contributed by atoms with Gasteiger partial charge in [0, 0.05) is 12.3 Å². The van der Waals surface area contributed by atoms with E-state index in [9.17, 15) is 0 Å². The number of nitrogens with zero attached hydrogens (tertiary/aromatic N) is 2. The first-order chi connectivity index (χ1) is 6.83. The predicted octanol–water partition coefficient (Wildman–Crippen LogP) is 1.75. The third-order valence-electron chi connectivity index (χ3n) is 2.71. The number of rotatable bonds is 3. The third-order valence-corrected chi connectivity index (χ3v) is 4.05. The summed E-state index contributed by atoms with van der Waals surface area (Å²) in [6.45, 7) is 2.31. The van der Waals surface area contributed by atoms with Crippen molar-refractivity contribution in [2.45, 2.75) is 31.6 Å². The van der Waals surface area contributed by atoms with Gasteiger partial charge in [0.1, 0.15) is 0 Å². The molecule has 1 aliphatic heterocycles. The lowest BCUT2D eigenvalue weighted by atomic mass is 10.2. The van der Waals surface area contributed by atoms with Crippen molar-refractivity contribution in [3.63, 3.8) is 0 Å². The normalized spacial score (nSPS) is 21.7. The maximum atomic E-state index is 8.88. The van der Waals surface area contributed by atoms with Crippen molar-refractivity contribution < 1.29 is 5.11 Å². The van der Waals surface area contributed by atoms with Crippen LogP contribution in [0.4, 0.5) is 0 Å². The van der Waals surface area contributed by atoms with Gasteiger partial charge < -0.3 is 5.11 Å². The van der Waals surface area contributed by atoms with Gasteiger partial charge in [0.05, 0.1) is 11.6 Å². The maximum Gasteiger partial charge on any atom is 0.0974 e. The van der Waals surface area contributed by atoms with E-state index in [4.69, 9.17) is 5.11 Å². The molecule has 78 valence electrons. The highest BCUT2D eigenvalue weighted by Crippen LogP contribution is 2.36. The molecule has 3 nitrogen and oxygen atoms in total. The lowest BCUT2D eigenvalue weighted by molar-refractivity contribution is 0.299. The topological polar surface area (TPSA) is 38.1 Å². The van der Waals surface area contributed by atoms with Gasteiger partial charge in [0.15, 0.2) is 0 Å².